The Morgan fingerprint density at radius 2 is 1.67 bits per heavy atom. The molecule has 0 aromatic heterocycles. The molecule has 0 unspecified atom stereocenters. The molecule has 1 atom stereocenters. The number of imide groups is 1. The average molecular weight is 214 g/mol. The van der Waals surface area contributed by atoms with Crippen LogP contribution in [-0.2, 0) is 9.59 Å². The number of nitrogens with two attached hydrogens (primary N) is 1. The van der Waals surface area contributed by atoms with Gasteiger partial charge in [0.2, 0.25) is 11.8 Å². The van der Waals surface area contributed by atoms with Crippen molar-refractivity contribution in [3.63, 3.8) is 0 Å². The second kappa shape index (κ2) is 6.56. The summed E-state index contributed by atoms with van der Waals surface area (Å²) in [5.41, 5.74) is 5.63. The molecular weight excluding hydrogens is 192 g/mol. The van der Waals surface area contributed by atoms with Crippen LogP contribution >= 0.6 is 0 Å². The molecule has 0 saturated carbocycles. The fourth-order valence-corrected chi connectivity index (χ4v) is 1.27. The Morgan fingerprint density at radius 3 is 2.07 bits per heavy atom. The Morgan fingerprint density at radius 1 is 1.13 bits per heavy atom. The van der Waals surface area contributed by atoms with Crippen molar-refractivity contribution < 1.29 is 9.59 Å². The van der Waals surface area contributed by atoms with Crippen molar-refractivity contribution >= 4 is 11.8 Å². The van der Waals surface area contributed by atoms with Crippen LogP contribution in [0.25, 0.3) is 0 Å². The minimum atomic E-state index is -0.582. The molecule has 0 saturated heterocycles. The van der Waals surface area contributed by atoms with E-state index in [-0.39, 0.29) is 17.7 Å². The predicted octanol–water partition coefficient (Wildman–Crippen LogP) is 1.05. The van der Waals surface area contributed by atoms with E-state index in [0.29, 0.717) is 18.8 Å². The summed E-state index contributed by atoms with van der Waals surface area (Å²) in [6.07, 6.45) is 0.959. The Hall–Kier alpha value is -0.900. The van der Waals surface area contributed by atoms with Gasteiger partial charge in [-0.25, -0.2) is 0 Å². The topological polar surface area (TPSA) is 72.2 Å². The number of hydrogen-bond donors (Lipinski definition) is 2. The van der Waals surface area contributed by atoms with Crippen LogP contribution in [0.2, 0.25) is 0 Å². The highest BCUT2D eigenvalue weighted by atomic mass is 16.2. The first-order chi connectivity index (χ1) is 6.82. The van der Waals surface area contributed by atoms with E-state index in [1.165, 1.54) is 0 Å². The van der Waals surface area contributed by atoms with Crippen LogP contribution in [0, 0.1) is 11.8 Å². The zero-order valence-electron chi connectivity index (χ0n) is 10.0. The van der Waals surface area contributed by atoms with Crippen molar-refractivity contribution in [3.8, 4) is 0 Å². The highest BCUT2D eigenvalue weighted by Gasteiger charge is 2.17. The van der Waals surface area contributed by atoms with Gasteiger partial charge in [0.05, 0.1) is 6.04 Å². The lowest BCUT2D eigenvalue weighted by atomic mass is 10.0. The van der Waals surface area contributed by atoms with Crippen LogP contribution in [0.5, 0.6) is 0 Å². The molecule has 88 valence electrons. The van der Waals surface area contributed by atoms with Gasteiger partial charge in [0.1, 0.15) is 0 Å². The van der Waals surface area contributed by atoms with Crippen LogP contribution in [0.4, 0.5) is 0 Å². The number of hydrogen-bond acceptors (Lipinski definition) is 3. The third-order valence-corrected chi connectivity index (χ3v) is 1.92. The van der Waals surface area contributed by atoms with E-state index in [0.717, 1.165) is 0 Å². The van der Waals surface area contributed by atoms with Crippen LogP contribution < -0.4 is 11.1 Å². The minimum absolute atomic E-state index is 0.241. The normalized spacial score (nSPS) is 13.0. The van der Waals surface area contributed by atoms with Gasteiger partial charge >= 0.3 is 0 Å². The van der Waals surface area contributed by atoms with Gasteiger partial charge in [0.15, 0.2) is 0 Å². The van der Waals surface area contributed by atoms with Crippen molar-refractivity contribution in [3.05, 3.63) is 0 Å². The molecule has 0 radical (unpaired) electrons. The SMILES string of the molecule is CC(C)CC(=O)NC(=O)[C@@H](N)CC(C)C. The Labute approximate surface area is 91.6 Å². The van der Waals surface area contributed by atoms with Crippen LogP contribution in [-0.4, -0.2) is 17.9 Å². The lowest BCUT2D eigenvalue weighted by Crippen LogP contribution is -2.44. The fourth-order valence-electron chi connectivity index (χ4n) is 1.27. The van der Waals surface area contributed by atoms with E-state index in [2.05, 4.69) is 5.32 Å². The van der Waals surface area contributed by atoms with Gasteiger partial charge in [0.25, 0.3) is 0 Å². The Bertz CT molecular complexity index is 225. The third-order valence-electron chi connectivity index (χ3n) is 1.92. The lowest BCUT2D eigenvalue weighted by Gasteiger charge is -2.13. The van der Waals surface area contributed by atoms with Crippen molar-refractivity contribution in [1.82, 2.24) is 5.32 Å². The summed E-state index contributed by atoms with van der Waals surface area (Å²) in [6, 6.07) is -0.582. The van der Waals surface area contributed by atoms with Crippen LogP contribution in [0.15, 0.2) is 0 Å². The molecule has 2 amide bonds. The first-order valence-electron chi connectivity index (χ1n) is 5.42. The Balaban J connectivity index is 3.96. The molecular formula is C11H22N2O2. The first-order valence-corrected chi connectivity index (χ1v) is 5.42. The second-order valence-corrected chi connectivity index (χ2v) is 4.75. The van der Waals surface area contributed by atoms with Gasteiger partial charge < -0.3 is 5.73 Å². The summed E-state index contributed by atoms with van der Waals surface area (Å²) in [5.74, 6) is -0.00590. The lowest BCUT2D eigenvalue weighted by molar-refractivity contribution is -0.131. The highest BCUT2D eigenvalue weighted by molar-refractivity contribution is 5.97. The number of carbonyl (C=O) groups is 2. The maximum atomic E-state index is 11.4. The molecule has 0 bridgehead atoms. The summed E-state index contributed by atoms with van der Waals surface area (Å²) in [4.78, 5) is 22.7. The first kappa shape index (κ1) is 14.1. The molecule has 0 aromatic carbocycles. The monoisotopic (exact) mass is 214 g/mol. The van der Waals surface area contributed by atoms with E-state index in [4.69, 9.17) is 5.73 Å². The van der Waals surface area contributed by atoms with Gasteiger partial charge in [-0.3, -0.25) is 14.9 Å². The van der Waals surface area contributed by atoms with Gasteiger partial charge in [-0.15, -0.1) is 0 Å². The molecule has 0 aliphatic rings. The van der Waals surface area contributed by atoms with E-state index >= 15 is 0 Å². The van der Waals surface area contributed by atoms with E-state index in [9.17, 15) is 9.59 Å². The van der Waals surface area contributed by atoms with Crippen molar-refractivity contribution in [2.24, 2.45) is 17.6 Å². The predicted molar refractivity (Wildman–Crippen MR) is 60.0 cm³/mol. The number of nitrogens with one attached hydrogen (secondary N) is 1. The molecule has 0 aliphatic carbocycles. The second-order valence-electron chi connectivity index (χ2n) is 4.75. The van der Waals surface area contributed by atoms with E-state index < -0.39 is 6.04 Å². The van der Waals surface area contributed by atoms with Gasteiger partial charge in [-0.2, -0.15) is 0 Å². The maximum Gasteiger partial charge on any atom is 0.243 e. The smallest absolute Gasteiger partial charge is 0.243 e. The molecule has 0 rings (SSSR count). The standard InChI is InChI=1S/C11H22N2O2/c1-7(2)5-9(12)11(15)13-10(14)6-8(3)4/h7-9H,5-6,12H2,1-4H3,(H,13,14,15)/t9-/m0/s1. The highest BCUT2D eigenvalue weighted by Crippen LogP contribution is 2.03. The molecule has 15 heavy (non-hydrogen) atoms. The molecule has 4 heteroatoms. The summed E-state index contributed by atoms with van der Waals surface area (Å²) >= 11 is 0. The third kappa shape index (κ3) is 7.08. The quantitative estimate of drug-likeness (QED) is 0.718. The maximum absolute atomic E-state index is 11.4. The van der Waals surface area contributed by atoms with Gasteiger partial charge in [-0.1, -0.05) is 27.7 Å². The number of carbonyl (C=O) groups excluding carboxylic acids is 2. The summed E-state index contributed by atoms with van der Waals surface area (Å²) in [6.45, 7) is 7.84. The minimum Gasteiger partial charge on any atom is -0.320 e. The van der Waals surface area contributed by atoms with Crippen molar-refractivity contribution in [2.45, 2.75) is 46.6 Å². The van der Waals surface area contributed by atoms with E-state index in [1.54, 1.807) is 0 Å². The summed E-state index contributed by atoms with van der Waals surface area (Å²) < 4.78 is 0. The zero-order valence-corrected chi connectivity index (χ0v) is 10.0. The molecule has 3 N–H and O–H groups in total. The molecule has 0 heterocycles. The molecule has 0 aromatic rings. The van der Waals surface area contributed by atoms with Gasteiger partial charge in [-0.05, 0) is 18.3 Å². The molecule has 4 nitrogen and oxygen atoms in total. The summed E-state index contributed by atoms with van der Waals surface area (Å²) in [5, 5.41) is 2.31. The van der Waals surface area contributed by atoms with Gasteiger partial charge in [0, 0.05) is 6.42 Å². The largest absolute Gasteiger partial charge is 0.320 e. The van der Waals surface area contributed by atoms with E-state index in [1.807, 2.05) is 27.7 Å². The van der Waals surface area contributed by atoms with Crippen molar-refractivity contribution in [1.29, 1.82) is 0 Å². The molecule has 0 fully saturated rings. The van der Waals surface area contributed by atoms with Crippen LogP contribution in [0.3, 0.4) is 0 Å². The Kier molecular flexibility index (Phi) is 6.17. The van der Waals surface area contributed by atoms with Crippen LogP contribution in [0.1, 0.15) is 40.5 Å². The summed E-state index contributed by atoms with van der Waals surface area (Å²) in [7, 11) is 0. The average Bonchev–Trinajstić information content (AvgIpc) is 2.00. The number of amides is 2. The van der Waals surface area contributed by atoms with Crippen molar-refractivity contribution in [2.75, 3.05) is 0 Å². The molecule has 0 spiro atoms. The zero-order chi connectivity index (χ0) is 12.0. The fraction of sp³-hybridized carbons (Fsp3) is 0.818. The number of rotatable bonds is 5. The molecule has 0 aliphatic heterocycles.